The Balaban J connectivity index is 2.13. The Kier molecular flexibility index (Phi) is 8.98. The Bertz CT molecular complexity index is 1110. The van der Waals surface area contributed by atoms with Gasteiger partial charge in [0.2, 0.25) is 0 Å². The topological polar surface area (TPSA) is 88.5 Å². The van der Waals surface area contributed by atoms with Gasteiger partial charge >= 0.3 is 0 Å². The van der Waals surface area contributed by atoms with E-state index in [2.05, 4.69) is 4.90 Å². The monoisotopic (exact) mass is 496 g/mol. The Morgan fingerprint density at radius 3 is 2.19 bits per heavy atom. The molecule has 1 atom stereocenters. The van der Waals surface area contributed by atoms with Crippen molar-refractivity contribution in [2.45, 2.75) is 39.8 Å². The van der Waals surface area contributed by atoms with Gasteiger partial charge in [0.25, 0.3) is 11.7 Å². The summed E-state index contributed by atoms with van der Waals surface area (Å²) in [5.41, 5.74) is 1.05. The summed E-state index contributed by atoms with van der Waals surface area (Å²) in [7, 11) is 3.07. The van der Waals surface area contributed by atoms with Crippen molar-refractivity contribution >= 4 is 17.4 Å². The van der Waals surface area contributed by atoms with Gasteiger partial charge in [0, 0.05) is 30.3 Å². The van der Waals surface area contributed by atoms with E-state index in [0.29, 0.717) is 41.5 Å². The summed E-state index contributed by atoms with van der Waals surface area (Å²) in [4.78, 5) is 30.3. The minimum Gasteiger partial charge on any atom is -0.507 e. The minimum atomic E-state index is -0.812. The van der Waals surface area contributed by atoms with Crippen molar-refractivity contribution in [1.29, 1.82) is 0 Å². The maximum atomic E-state index is 13.3. The third-order valence-corrected chi connectivity index (χ3v) is 6.33. The summed E-state index contributed by atoms with van der Waals surface area (Å²) >= 11 is 0. The van der Waals surface area contributed by atoms with Crippen LogP contribution in [-0.2, 0) is 9.59 Å². The zero-order valence-corrected chi connectivity index (χ0v) is 21.9. The number of hydrogen-bond acceptors (Lipinski definition) is 7. The molecule has 1 fully saturated rings. The van der Waals surface area contributed by atoms with E-state index in [4.69, 9.17) is 14.2 Å². The zero-order valence-electron chi connectivity index (χ0n) is 21.9. The molecule has 2 aromatic carbocycles. The van der Waals surface area contributed by atoms with Crippen LogP contribution in [-0.4, -0.2) is 73.1 Å². The summed E-state index contributed by atoms with van der Waals surface area (Å²) in [6, 6.07) is 11.2. The lowest BCUT2D eigenvalue weighted by molar-refractivity contribution is -0.140. The highest BCUT2D eigenvalue weighted by molar-refractivity contribution is 6.46. The van der Waals surface area contributed by atoms with E-state index >= 15 is 0 Å². The number of nitrogens with zero attached hydrogens (tertiary/aromatic N) is 2. The van der Waals surface area contributed by atoms with Crippen molar-refractivity contribution in [1.82, 2.24) is 9.80 Å². The fraction of sp³-hybridized carbons (Fsp3) is 0.429. The quantitative estimate of drug-likeness (QED) is 0.283. The van der Waals surface area contributed by atoms with Gasteiger partial charge < -0.3 is 29.1 Å². The number of methoxy groups -OCH3 is 2. The standard InChI is InChI=1S/C28H36N2O6/c1-7-29(8-2)15-16-30-25(22-14-13-21(34-5)17-23(22)35-6)24(27(32)28(30)33)26(31)19-9-11-20(12-10-19)36-18(3)4/h9-14,17-18,25,31H,7-8,15-16H2,1-6H3/b26-24+/t25-/m1/s1. The first kappa shape index (κ1) is 27.1. The van der Waals surface area contributed by atoms with Crippen LogP contribution < -0.4 is 14.2 Å². The van der Waals surface area contributed by atoms with Crippen LogP contribution in [0.1, 0.15) is 44.9 Å². The normalized spacial score (nSPS) is 17.2. The molecule has 1 heterocycles. The minimum absolute atomic E-state index is 0.00288. The van der Waals surface area contributed by atoms with Gasteiger partial charge in [-0.25, -0.2) is 0 Å². The highest BCUT2D eigenvalue weighted by Crippen LogP contribution is 2.43. The molecule has 8 nitrogen and oxygen atoms in total. The van der Waals surface area contributed by atoms with E-state index in [9.17, 15) is 14.7 Å². The molecule has 1 saturated heterocycles. The number of Topliss-reactive ketones (excluding diaryl/α,β-unsaturated/α-hetero) is 1. The van der Waals surface area contributed by atoms with Crippen LogP contribution in [0.3, 0.4) is 0 Å². The number of likely N-dealkylation sites (tertiary alicyclic amines) is 1. The van der Waals surface area contributed by atoms with E-state index in [1.807, 2.05) is 27.7 Å². The number of aliphatic hydroxyl groups is 1. The zero-order chi connectivity index (χ0) is 26.4. The number of benzene rings is 2. The highest BCUT2D eigenvalue weighted by atomic mass is 16.5. The molecule has 1 aliphatic heterocycles. The number of hydrogen-bond donors (Lipinski definition) is 1. The predicted octanol–water partition coefficient (Wildman–Crippen LogP) is 4.25. The van der Waals surface area contributed by atoms with Crippen LogP contribution in [0.15, 0.2) is 48.0 Å². The van der Waals surface area contributed by atoms with Crippen LogP contribution in [0.25, 0.3) is 5.76 Å². The molecule has 1 aliphatic rings. The maximum absolute atomic E-state index is 13.3. The number of carbonyl (C=O) groups excluding carboxylic acids is 2. The van der Waals surface area contributed by atoms with Gasteiger partial charge in [-0.05, 0) is 63.3 Å². The number of carbonyl (C=O) groups is 2. The predicted molar refractivity (Wildman–Crippen MR) is 139 cm³/mol. The Morgan fingerprint density at radius 2 is 1.64 bits per heavy atom. The van der Waals surface area contributed by atoms with Gasteiger partial charge in [-0.1, -0.05) is 13.8 Å². The molecule has 3 rings (SSSR count). The van der Waals surface area contributed by atoms with Crippen LogP contribution >= 0.6 is 0 Å². The van der Waals surface area contributed by atoms with E-state index in [1.54, 1.807) is 49.6 Å². The SMILES string of the molecule is CCN(CC)CCN1C(=O)C(=O)/C(=C(/O)c2ccc(OC(C)C)cc2)[C@H]1c1ccc(OC)cc1OC. The Morgan fingerprint density at radius 1 is 1.00 bits per heavy atom. The lowest BCUT2D eigenvalue weighted by atomic mass is 9.94. The molecular formula is C28H36N2O6. The molecule has 0 spiro atoms. The average molecular weight is 497 g/mol. The largest absolute Gasteiger partial charge is 0.507 e. The number of amides is 1. The Labute approximate surface area is 213 Å². The first-order valence-electron chi connectivity index (χ1n) is 12.2. The third-order valence-electron chi connectivity index (χ3n) is 6.33. The molecule has 0 unspecified atom stereocenters. The van der Waals surface area contributed by atoms with E-state index in [1.165, 1.54) is 12.0 Å². The van der Waals surface area contributed by atoms with Crippen molar-refractivity contribution in [3.8, 4) is 17.2 Å². The van der Waals surface area contributed by atoms with E-state index < -0.39 is 17.7 Å². The summed E-state index contributed by atoms with van der Waals surface area (Å²) < 4.78 is 16.6. The molecule has 8 heteroatoms. The molecule has 0 aromatic heterocycles. The molecule has 0 saturated carbocycles. The van der Waals surface area contributed by atoms with E-state index in [-0.39, 0.29) is 17.4 Å². The van der Waals surface area contributed by atoms with Gasteiger partial charge in [-0.15, -0.1) is 0 Å². The van der Waals surface area contributed by atoms with E-state index in [0.717, 1.165) is 13.1 Å². The average Bonchev–Trinajstić information content (AvgIpc) is 3.13. The highest BCUT2D eigenvalue weighted by Gasteiger charge is 2.47. The Hall–Kier alpha value is -3.52. The maximum Gasteiger partial charge on any atom is 0.295 e. The lowest BCUT2D eigenvalue weighted by Crippen LogP contribution is -2.38. The van der Waals surface area contributed by atoms with Crippen molar-refractivity contribution in [3.05, 3.63) is 59.2 Å². The fourth-order valence-corrected chi connectivity index (χ4v) is 4.39. The molecule has 194 valence electrons. The third kappa shape index (κ3) is 5.65. The van der Waals surface area contributed by atoms with Crippen molar-refractivity contribution < 1.29 is 28.9 Å². The molecule has 1 N–H and O–H groups in total. The van der Waals surface area contributed by atoms with Gasteiger partial charge in [0.15, 0.2) is 0 Å². The van der Waals surface area contributed by atoms with Gasteiger partial charge in [0.05, 0.1) is 31.9 Å². The first-order valence-corrected chi connectivity index (χ1v) is 12.2. The summed E-state index contributed by atoms with van der Waals surface area (Å²) in [6.45, 7) is 10.5. The number of ketones is 1. The molecule has 1 amide bonds. The molecule has 0 bridgehead atoms. The van der Waals surface area contributed by atoms with Crippen LogP contribution in [0, 0.1) is 0 Å². The summed E-state index contributed by atoms with van der Waals surface area (Å²) in [5, 5.41) is 11.3. The number of likely N-dealkylation sites (N-methyl/N-ethyl adjacent to an activating group) is 1. The number of ether oxygens (including phenoxy) is 3. The molecule has 0 radical (unpaired) electrons. The van der Waals surface area contributed by atoms with Gasteiger partial charge in [0.1, 0.15) is 23.0 Å². The lowest BCUT2D eigenvalue weighted by Gasteiger charge is -2.29. The number of aliphatic hydroxyl groups excluding tert-OH is 1. The van der Waals surface area contributed by atoms with Gasteiger partial charge in [-0.2, -0.15) is 0 Å². The summed E-state index contributed by atoms with van der Waals surface area (Å²) in [6.07, 6.45) is 0.00288. The molecule has 0 aliphatic carbocycles. The number of rotatable bonds is 11. The van der Waals surface area contributed by atoms with Crippen molar-refractivity contribution in [3.63, 3.8) is 0 Å². The first-order chi connectivity index (χ1) is 17.2. The van der Waals surface area contributed by atoms with Crippen LogP contribution in [0.5, 0.6) is 17.2 Å². The van der Waals surface area contributed by atoms with Crippen molar-refractivity contribution in [2.75, 3.05) is 40.4 Å². The second-order valence-corrected chi connectivity index (χ2v) is 8.82. The summed E-state index contributed by atoms with van der Waals surface area (Å²) in [5.74, 6) is 0.0770. The van der Waals surface area contributed by atoms with Crippen LogP contribution in [0.2, 0.25) is 0 Å². The molecular weight excluding hydrogens is 460 g/mol. The molecule has 36 heavy (non-hydrogen) atoms. The van der Waals surface area contributed by atoms with Crippen molar-refractivity contribution in [2.24, 2.45) is 0 Å². The second kappa shape index (κ2) is 11.9. The van der Waals surface area contributed by atoms with Gasteiger partial charge in [-0.3, -0.25) is 9.59 Å². The second-order valence-electron chi connectivity index (χ2n) is 8.82. The smallest absolute Gasteiger partial charge is 0.295 e. The van der Waals surface area contributed by atoms with Crippen LogP contribution in [0.4, 0.5) is 0 Å². The fourth-order valence-electron chi connectivity index (χ4n) is 4.39. The molecule has 2 aromatic rings.